The first-order valence-electron chi connectivity index (χ1n) is 9.01. The largest absolute Gasteiger partial charge is 0.493 e. The molecular weight excluding hydrogens is 372 g/mol. The van der Waals surface area contributed by atoms with Gasteiger partial charge < -0.3 is 14.8 Å². The third-order valence-corrected chi connectivity index (χ3v) is 4.67. The van der Waals surface area contributed by atoms with E-state index in [0.717, 1.165) is 5.69 Å². The highest BCUT2D eigenvalue weighted by Crippen LogP contribution is 2.29. The van der Waals surface area contributed by atoms with Gasteiger partial charge in [-0.15, -0.1) is 0 Å². The number of carbonyl (C=O) groups excluding carboxylic acids is 1. The molecule has 0 saturated carbocycles. The summed E-state index contributed by atoms with van der Waals surface area (Å²) in [5, 5.41) is 7.77. The zero-order valence-electron chi connectivity index (χ0n) is 16.3. The summed E-state index contributed by atoms with van der Waals surface area (Å²) in [5.41, 5.74) is 2.33. The van der Waals surface area contributed by atoms with Gasteiger partial charge in [-0.25, -0.2) is 4.52 Å². The SMILES string of the molecule is COc1ccc(NC(=O)Cn2c(=O)c3ccccc3n3nc(C)cc23)cc1OC. The molecule has 2 aromatic heterocycles. The third-order valence-electron chi connectivity index (χ3n) is 4.67. The number of amides is 1. The van der Waals surface area contributed by atoms with E-state index >= 15 is 0 Å². The second-order valence-corrected chi connectivity index (χ2v) is 6.58. The topological polar surface area (TPSA) is 86.9 Å². The Hall–Kier alpha value is -3.81. The lowest BCUT2D eigenvalue weighted by Crippen LogP contribution is -2.29. The average molecular weight is 392 g/mol. The van der Waals surface area contributed by atoms with E-state index in [2.05, 4.69) is 10.4 Å². The molecule has 0 atom stereocenters. The highest BCUT2D eigenvalue weighted by molar-refractivity contribution is 5.91. The van der Waals surface area contributed by atoms with Crippen LogP contribution in [0.25, 0.3) is 16.6 Å². The average Bonchev–Trinajstić information content (AvgIpc) is 3.12. The number of aromatic nitrogens is 3. The number of methoxy groups -OCH3 is 2. The van der Waals surface area contributed by atoms with Crippen LogP contribution in [-0.2, 0) is 11.3 Å². The Labute approximate surface area is 166 Å². The summed E-state index contributed by atoms with van der Waals surface area (Å²) in [4.78, 5) is 25.7. The van der Waals surface area contributed by atoms with Gasteiger partial charge >= 0.3 is 0 Å². The molecule has 8 heteroatoms. The van der Waals surface area contributed by atoms with E-state index in [1.165, 1.54) is 11.7 Å². The van der Waals surface area contributed by atoms with Crippen molar-refractivity contribution in [1.82, 2.24) is 14.2 Å². The fourth-order valence-corrected chi connectivity index (χ4v) is 3.35. The molecule has 29 heavy (non-hydrogen) atoms. The predicted molar refractivity (Wildman–Crippen MR) is 110 cm³/mol. The number of hydrogen-bond acceptors (Lipinski definition) is 5. The summed E-state index contributed by atoms with van der Waals surface area (Å²) >= 11 is 0. The molecule has 8 nitrogen and oxygen atoms in total. The number of fused-ring (bicyclic) bond motifs is 3. The molecule has 2 heterocycles. The van der Waals surface area contributed by atoms with Crippen LogP contribution in [0.3, 0.4) is 0 Å². The van der Waals surface area contributed by atoms with Crippen molar-refractivity contribution in [2.75, 3.05) is 19.5 Å². The number of para-hydroxylation sites is 1. The van der Waals surface area contributed by atoms with Gasteiger partial charge in [0.05, 0.1) is 30.8 Å². The van der Waals surface area contributed by atoms with Gasteiger partial charge in [-0.3, -0.25) is 14.2 Å². The van der Waals surface area contributed by atoms with Gasteiger partial charge in [-0.1, -0.05) is 12.1 Å². The van der Waals surface area contributed by atoms with E-state index in [9.17, 15) is 9.59 Å². The van der Waals surface area contributed by atoms with Crippen LogP contribution in [0.2, 0.25) is 0 Å². The van der Waals surface area contributed by atoms with Gasteiger partial charge in [0.15, 0.2) is 11.5 Å². The molecule has 2 aromatic carbocycles. The first-order valence-corrected chi connectivity index (χ1v) is 9.01. The molecule has 0 aliphatic carbocycles. The molecule has 0 fully saturated rings. The van der Waals surface area contributed by atoms with Gasteiger partial charge in [0.2, 0.25) is 5.91 Å². The molecule has 0 unspecified atom stereocenters. The number of aryl methyl sites for hydroxylation is 1. The smallest absolute Gasteiger partial charge is 0.262 e. The quantitative estimate of drug-likeness (QED) is 0.564. The predicted octanol–water partition coefficient (Wildman–Crippen LogP) is 2.61. The Kier molecular flexibility index (Phi) is 4.67. The Morgan fingerprint density at radius 1 is 1.07 bits per heavy atom. The standard InChI is InChI=1S/C21H20N4O4/c1-13-10-20-24(21(27)15-6-4-5-7-16(15)25(20)23-13)12-19(26)22-14-8-9-17(28-2)18(11-14)29-3/h4-11H,12H2,1-3H3,(H,22,26). The summed E-state index contributed by atoms with van der Waals surface area (Å²) in [5.74, 6) is 0.727. The fraction of sp³-hybridized carbons (Fsp3) is 0.190. The minimum absolute atomic E-state index is 0.146. The number of nitrogens with one attached hydrogen (secondary N) is 1. The van der Waals surface area contributed by atoms with Crippen LogP contribution in [0.1, 0.15) is 5.69 Å². The van der Waals surface area contributed by atoms with E-state index < -0.39 is 0 Å². The van der Waals surface area contributed by atoms with E-state index in [4.69, 9.17) is 9.47 Å². The lowest BCUT2D eigenvalue weighted by atomic mass is 10.2. The van der Waals surface area contributed by atoms with Gasteiger partial charge in [0.25, 0.3) is 5.56 Å². The minimum atomic E-state index is -0.338. The maximum absolute atomic E-state index is 13.0. The molecule has 0 spiro atoms. The van der Waals surface area contributed by atoms with Crippen LogP contribution >= 0.6 is 0 Å². The van der Waals surface area contributed by atoms with Crippen LogP contribution in [0.4, 0.5) is 5.69 Å². The number of hydrogen-bond donors (Lipinski definition) is 1. The first kappa shape index (κ1) is 18.5. The number of rotatable bonds is 5. The van der Waals surface area contributed by atoms with Crippen LogP contribution in [-0.4, -0.2) is 34.3 Å². The Bertz CT molecular complexity index is 1290. The van der Waals surface area contributed by atoms with Gasteiger partial charge in [0, 0.05) is 17.8 Å². The van der Waals surface area contributed by atoms with Gasteiger partial charge in [-0.2, -0.15) is 5.10 Å². The number of ether oxygens (including phenoxy) is 2. The molecule has 1 N–H and O–H groups in total. The monoisotopic (exact) mass is 392 g/mol. The van der Waals surface area contributed by atoms with Crippen molar-refractivity contribution in [2.24, 2.45) is 0 Å². The summed E-state index contributed by atoms with van der Waals surface area (Å²) in [6.07, 6.45) is 0. The molecule has 0 aliphatic heterocycles. The summed E-state index contributed by atoms with van der Waals surface area (Å²) in [7, 11) is 3.07. The highest BCUT2D eigenvalue weighted by atomic mass is 16.5. The van der Waals surface area contributed by atoms with E-state index in [0.29, 0.717) is 33.7 Å². The first-order chi connectivity index (χ1) is 14.0. The van der Waals surface area contributed by atoms with Crippen LogP contribution < -0.4 is 20.3 Å². The van der Waals surface area contributed by atoms with Gasteiger partial charge in [0.1, 0.15) is 12.2 Å². The third kappa shape index (κ3) is 3.29. The normalized spacial score (nSPS) is 11.0. The maximum Gasteiger partial charge on any atom is 0.262 e. The second-order valence-electron chi connectivity index (χ2n) is 6.58. The van der Waals surface area contributed by atoms with Crippen molar-refractivity contribution in [3.05, 3.63) is 64.6 Å². The highest BCUT2D eigenvalue weighted by Gasteiger charge is 2.15. The molecule has 0 bridgehead atoms. The Balaban J connectivity index is 1.71. The molecule has 148 valence electrons. The Morgan fingerprint density at radius 3 is 2.59 bits per heavy atom. The number of carbonyl (C=O) groups is 1. The van der Waals surface area contributed by atoms with Crippen molar-refractivity contribution in [3.8, 4) is 11.5 Å². The van der Waals surface area contributed by atoms with E-state index in [1.807, 2.05) is 19.1 Å². The van der Waals surface area contributed by atoms with Crippen molar-refractivity contribution < 1.29 is 14.3 Å². The summed E-state index contributed by atoms with van der Waals surface area (Å²) in [6.45, 7) is 1.70. The zero-order valence-corrected chi connectivity index (χ0v) is 16.3. The molecule has 0 aliphatic rings. The number of nitrogens with zero attached hydrogens (tertiary/aromatic N) is 3. The number of benzene rings is 2. The van der Waals surface area contributed by atoms with Crippen molar-refractivity contribution in [1.29, 1.82) is 0 Å². The van der Waals surface area contributed by atoms with Crippen molar-refractivity contribution in [2.45, 2.75) is 13.5 Å². The summed E-state index contributed by atoms with van der Waals surface area (Å²) in [6, 6.07) is 14.1. The van der Waals surface area contributed by atoms with Crippen molar-refractivity contribution >= 4 is 28.1 Å². The molecule has 1 amide bonds. The zero-order chi connectivity index (χ0) is 20.5. The fourth-order valence-electron chi connectivity index (χ4n) is 3.35. The van der Waals surface area contributed by atoms with Gasteiger partial charge in [-0.05, 0) is 31.2 Å². The number of anilines is 1. The minimum Gasteiger partial charge on any atom is -0.493 e. The lowest BCUT2D eigenvalue weighted by Gasteiger charge is -2.13. The lowest BCUT2D eigenvalue weighted by molar-refractivity contribution is -0.116. The van der Waals surface area contributed by atoms with Crippen LogP contribution in [0, 0.1) is 6.92 Å². The van der Waals surface area contributed by atoms with E-state index in [1.54, 1.807) is 48.0 Å². The molecule has 4 rings (SSSR count). The molecule has 4 aromatic rings. The van der Waals surface area contributed by atoms with E-state index in [-0.39, 0.29) is 18.0 Å². The summed E-state index contributed by atoms with van der Waals surface area (Å²) < 4.78 is 13.6. The Morgan fingerprint density at radius 2 is 1.83 bits per heavy atom. The molecule has 0 saturated heterocycles. The van der Waals surface area contributed by atoms with Crippen LogP contribution in [0.5, 0.6) is 11.5 Å². The maximum atomic E-state index is 13.0. The second kappa shape index (κ2) is 7.31. The van der Waals surface area contributed by atoms with Crippen LogP contribution in [0.15, 0.2) is 53.3 Å². The molecule has 0 radical (unpaired) electrons. The molecular formula is C21H20N4O4. The van der Waals surface area contributed by atoms with Crippen molar-refractivity contribution in [3.63, 3.8) is 0 Å².